The van der Waals surface area contributed by atoms with Gasteiger partial charge in [0, 0.05) is 108 Å². The summed E-state index contributed by atoms with van der Waals surface area (Å²) in [7, 11) is -19.3. The Morgan fingerprint density at radius 3 is 2.02 bits per heavy atom. The maximum absolute atomic E-state index is 15.8. The summed E-state index contributed by atoms with van der Waals surface area (Å²) < 4.78 is 161. The van der Waals surface area contributed by atoms with Crippen LogP contribution in [0.25, 0.3) is 22.4 Å². The molecule has 27 heteroatoms. The third kappa shape index (κ3) is 15.2. The highest BCUT2D eigenvalue weighted by atomic mass is 35.5. The second-order valence-electron chi connectivity index (χ2n) is 20.4. The molecule has 2 fully saturated rings. The summed E-state index contributed by atoms with van der Waals surface area (Å²) in [5.74, 6) is -1.33. The first-order valence-electron chi connectivity index (χ1n) is 26.0. The Hall–Kier alpha value is -5.63. The molecule has 0 spiro atoms. The van der Waals surface area contributed by atoms with Gasteiger partial charge < -0.3 is 39.1 Å². The average molecular weight is 1250 g/mol. The van der Waals surface area contributed by atoms with Gasteiger partial charge in [-0.1, -0.05) is 41.9 Å². The number of thioether (sulfide) groups is 1. The summed E-state index contributed by atoms with van der Waals surface area (Å²) in [5.41, 5.74) is -2.43. The van der Waals surface area contributed by atoms with E-state index in [4.69, 9.17) is 26.1 Å². The third-order valence-electron chi connectivity index (χ3n) is 14.1. The van der Waals surface area contributed by atoms with E-state index in [2.05, 4.69) is 10.0 Å². The van der Waals surface area contributed by atoms with Crippen molar-refractivity contribution in [2.24, 2.45) is 0 Å². The largest absolute Gasteiger partial charge is 0.501 e. The maximum atomic E-state index is 15.8. The minimum Gasteiger partial charge on any atom is -0.462 e. The first-order chi connectivity index (χ1) is 38.5. The molecule has 2 saturated heterocycles. The van der Waals surface area contributed by atoms with E-state index >= 15 is 4.39 Å². The number of hydrogen-bond acceptors (Lipinski definition) is 14. The van der Waals surface area contributed by atoms with E-state index in [0.29, 0.717) is 109 Å². The maximum Gasteiger partial charge on any atom is 0.501 e. The highest BCUT2D eigenvalue weighted by Gasteiger charge is 2.48. The number of hydrogen-bond donors (Lipinski definition) is 4. The number of rotatable bonds is 21. The van der Waals surface area contributed by atoms with E-state index in [-0.39, 0.29) is 28.8 Å². The fourth-order valence-electron chi connectivity index (χ4n) is 10.3. The van der Waals surface area contributed by atoms with Crippen LogP contribution in [-0.4, -0.2) is 132 Å². The molecule has 1 atom stereocenters. The molecule has 3 heterocycles. The Kier molecular flexibility index (Phi) is 19.3. The van der Waals surface area contributed by atoms with E-state index in [1.807, 2.05) is 51.3 Å². The van der Waals surface area contributed by atoms with Crippen molar-refractivity contribution in [1.29, 1.82) is 0 Å². The summed E-state index contributed by atoms with van der Waals surface area (Å²) in [4.78, 5) is 35.1. The Morgan fingerprint density at radius 1 is 0.817 bits per heavy atom. The van der Waals surface area contributed by atoms with Crippen LogP contribution in [0.1, 0.15) is 44.8 Å². The number of likely N-dealkylation sites (tertiary alicyclic amines) is 1. The van der Waals surface area contributed by atoms with Gasteiger partial charge in [-0.25, -0.2) is 29.6 Å². The van der Waals surface area contributed by atoms with Crippen LogP contribution in [0, 0.1) is 12.7 Å². The van der Waals surface area contributed by atoms with Crippen LogP contribution in [0.4, 0.5) is 40.3 Å². The Balaban J connectivity index is 0.964. The molecular weight excluding hydrogens is 1190 g/mol. The van der Waals surface area contributed by atoms with Gasteiger partial charge >= 0.3 is 19.1 Å². The first kappa shape index (κ1) is 62.4. The molecule has 0 radical (unpaired) electrons. The lowest BCUT2D eigenvalue weighted by Crippen LogP contribution is -2.46. The van der Waals surface area contributed by atoms with Crippen molar-refractivity contribution in [3.8, 4) is 22.4 Å². The zero-order valence-corrected chi connectivity index (χ0v) is 49.9. The first-order valence-corrected chi connectivity index (χ1v) is 34.0. The second-order valence-corrected chi connectivity index (χ2v) is 29.1. The minimum absolute atomic E-state index is 0.0337. The average Bonchev–Trinajstić information content (AvgIpc) is 2.03. The number of nitrogens with one attached hydrogen (secondary N) is 2. The van der Waals surface area contributed by atoms with Gasteiger partial charge in [-0.05, 0) is 136 Å². The molecule has 4 N–H and O–H groups in total. The number of anilines is 4. The predicted octanol–water partition coefficient (Wildman–Crippen LogP) is 10.5. The molecule has 82 heavy (non-hydrogen) atoms. The topological polar surface area (TPSA) is 225 Å². The molecule has 2 aliphatic rings. The molecular formula is C55H62ClF4N6O11PS4. The number of piperazine rings is 1. The molecule has 8 rings (SSSR count). The van der Waals surface area contributed by atoms with Crippen LogP contribution in [0.5, 0.6) is 0 Å². The SMILES string of the molecule is Cc1c(S(C)(=O)=O)c(-c2cc(F)cc(N3CCN(c4ccc(NS(=O)(=O)c5ccc(NC(CCN6CCC(OC(=O)CP(=O)(O)O)CC6)CSc6ccccc6)c(S(=O)(=O)C(F)(F)F)c5)cc4)CC3)c2)c(-c2ccc(Cl)cc2)n1C(C)C. The molecule has 442 valence electrons. The fraction of sp³-hybridized carbons (Fsp3) is 0.364. The van der Waals surface area contributed by atoms with Crippen molar-refractivity contribution in [3.63, 3.8) is 0 Å². The van der Waals surface area contributed by atoms with Gasteiger partial charge in [-0.3, -0.25) is 14.1 Å². The predicted molar refractivity (Wildman–Crippen MR) is 312 cm³/mol. The van der Waals surface area contributed by atoms with Crippen LogP contribution in [-0.2, 0) is 43.8 Å². The number of sulfonamides is 1. The van der Waals surface area contributed by atoms with E-state index in [1.54, 1.807) is 61.5 Å². The zero-order valence-electron chi connectivity index (χ0n) is 45.0. The van der Waals surface area contributed by atoms with Crippen molar-refractivity contribution < 1.29 is 66.7 Å². The second kappa shape index (κ2) is 25.3. The molecule has 2 aliphatic heterocycles. The summed E-state index contributed by atoms with van der Waals surface area (Å²) in [5, 5.41) is 3.47. The number of carbonyl (C=O) groups excluding carboxylic acids is 1. The van der Waals surface area contributed by atoms with Gasteiger partial charge in [0.1, 0.15) is 23.0 Å². The van der Waals surface area contributed by atoms with Crippen molar-refractivity contribution >= 4 is 89.4 Å². The normalized spacial score (nSPS) is 15.7. The number of piperidine rings is 1. The van der Waals surface area contributed by atoms with Crippen LogP contribution in [0.2, 0.25) is 5.02 Å². The Labute approximate surface area is 484 Å². The van der Waals surface area contributed by atoms with Crippen molar-refractivity contribution in [1.82, 2.24) is 9.47 Å². The highest BCUT2D eigenvalue weighted by Crippen LogP contribution is 2.45. The standard InChI is InChI=1S/C55H62ClF4N6O11PS4/c1-36(2)66-37(3)54(80(4,71)72)52(53(66)38-10-12-40(56)13-11-38)39-30-41(57)32-45(31-39)65-28-26-64(27-29-65)44-16-14-42(15-17-44)62-82(75,76)48-18-19-49(50(33-48)81(73,74)55(58,59)60)61-43(35-79-47-8-6-5-7-9-47)20-23-63-24-21-46(22-25-63)77-51(67)34-78(68,69)70/h5-19,30-33,36,43,46,61-62H,20-29,34-35H2,1-4H3,(H2,68,69,70). The number of nitrogens with zero attached hydrogens (tertiary/aromatic N) is 4. The highest BCUT2D eigenvalue weighted by molar-refractivity contribution is 7.99. The molecule has 17 nitrogen and oxygen atoms in total. The van der Waals surface area contributed by atoms with Crippen LogP contribution in [0.3, 0.4) is 0 Å². The smallest absolute Gasteiger partial charge is 0.462 e. The van der Waals surface area contributed by atoms with E-state index in [1.165, 1.54) is 36.0 Å². The molecule has 1 unspecified atom stereocenters. The van der Waals surface area contributed by atoms with Crippen molar-refractivity contribution in [2.75, 3.05) is 83.8 Å². The van der Waals surface area contributed by atoms with Crippen LogP contribution >= 0.6 is 31.0 Å². The number of benzene rings is 5. The lowest BCUT2D eigenvalue weighted by molar-refractivity contribution is -0.148. The molecule has 0 saturated carbocycles. The molecule has 6 aromatic rings. The summed E-state index contributed by atoms with van der Waals surface area (Å²) in [6.07, 6.45) is 0.517. The van der Waals surface area contributed by atoms with Gasteiger partial charge in [-0.2, -0.15) is 13.2 Å². The number of esters is 1. The Bertz CT molecular complexity index is 3670. The minimum atomic E-state index is -6.14. The van der Waals surface area contributed by atoms with Gasteiger partial charge in [0.25, 0.3) is 19.9 Å². The molecule has 5 aromatic carbocycles. The van der Waals surface area contributed by atoms with Crippen LogP contribution in [0.15, 0.2) is 135 Å². The lowest BCUT2D eigenvalue weighted by atomic mass is 9.99. The van der Waals surface area contributed by atoms with Crippen LogP contribution < -0.4 is 19.8 Å². The monoisotopic (exact) mass is 1250 g/mol. The number of ether oxygens (including phenoxy) is 1. The summed E-state index contributed by atoms with van der Waals surface area (Å²) in [6.45, 7) is 8.54. The van der Waals surface area contributed by atoms with E-state index < -0.39 is 88.4 Å². The third-order valence-corrected chi connectivity index (χ3v) is 20.3. The molecule has 0 amide bonds. The lowest BCUT2D eigenvalue weighted by Gasteiger charge is -2.37. The number of aromatic nitrogens is 1. The van der Waals surface area contributed by atoms with Crippen molar-refractivity contribution in [3.05, 3.63) is 132 Å². The zero-order chi connectivity index (χ0) is 59.5. The summed E-state index contributed by atoms with van der Waals surface area (Å²) >= 11 is 7.61. The van der Waals surface area contributed by atoms with Gasteiger partial charge in [0.2, 0.25) is 0 Å². The van der Waals surface area contributed by atoms with E-state index in [0.717, 1.165) is 23.3 Å². The summed E-state index contributed by atoms with van der Waals surface area (Å²) in [6, 6.07) is 28.5. The van der Waals surface area contributed by atoms with E-state index in [9.17, 15) is 47.8 Å². The number of carbonyl (C=O) groups is 1. The fourth-order valence-corrected chi connectivity index (χ4v) is 15.1. The molecule has 0 aliphatic carbocycles. The Morgan fingerprint density at radius 2 is 1.44 bits per heavy atom. The molecule has 0 bridgehead atoms. The number of sulfone groups is 2. The van der Waals surface area contributed by atoms with Crippen molar-refractivity contribution in [2.45, 2.75) is 83.3 Å². The number of alkyl halides is 3. The quantitative estimate of drug-likeness (QED) is 0.0228. The van der Waals surface area contributed by atoms with Gasteiger partial charge in [0.05, 0.1) is 21.2 Å². The van der Waals surface area contributed by atoms with Gasteiger partial charge in [-0.15, -0.1) is 11.8 Å². The molecule has 1 aromatic heterocycles. The number of halogens is 5. The van der Waals surface area contributed by atoms with Gasteiger partial charge in [0.15, 0.2) is 9.84 Å².